The van der Waals surface area contributed by atoms with Crippen molar-refractivity contribution < 1.29 is 0 Å². The van der Waals surface area contributed by atoms with E-state index in [1.165, 1.54) is 10.8 Å². The van der Waals surface area contributed by atoms with Gasteiger partial charge in [0.25, 0.3) is 0 Å². The summed E-state index contributed by atoms with van der Waals surface area (Å²) in [5.74, 6) is 2.29. The Morgan fingerprint density at radius 2 is 0.684 bits per heavy atom. The Hall–Kier alpha value is -10.6. The number of hydrogen-bond acceptors (Lipinski definition) is 6. The summed E-state index contributed by atoms with van der Waals surface area (Å²) in [5.41, 5.74) is 15.5. The molecule has 0 saturated carbocycles. The predicted molar refractivity (Wildman–Crippen MR) is 307 cm³/mol. The van der Waals surface area contributed by atoms with Crippen molar-refractivity contribution >= 4 is 43.6 Å². The van der Waals surface area contributed by atoms with Gasteiger partial charge in [-0.05, 0) is 78.4 Å². The summed E-state index contributed by atoms with van der Waals surface area (Å²) in [5, 5.41) is 14.9. The van der Waals surface area contributed by atoms with Gasteiger partial charge in [0, 0.05) is 60.5 Å². The van der Waals surface area contributed by atoms with Gasteiger partial charge < -0.3 is 9.13 Å². The largest absolute Gasteiger partial charge is 0.309 e. The maximum absolute atomic E-state index is 10.4. The first kappa shape index (κ1) is 44.1. The van der Waals surface area contributed by atoms with Gasteiger partial charge in [-0.1, -0.05) is 182 Å². The molecule has 0 radical (unpaired) electrons. The second-order valence-corrected chi connectivity index (χ2v) is 18.8. The first-order valence-electron chi connectivity index (χ1n) is 25.2. The third kappa shape index (κ3) is 7.66. The summed E-state index contributed by atoms with van der Waals surface area (Å²) in [6.07, 6.45) is 0. The molecule has 0 bridgehead atoms. The van der Waals surface area contributed by atoms with Crippen LogP contribution in [0.15, 0.2) is 255 Å². The van der Waals surface area contributed by atoms with E-state index in [2.05, 4.69) is 149 Å². The molecule has 0 spiro atoms. The highest BCUT2D eigenvalue weighted by Gasteiger charge is 2.23. The van der Waals surface area contributed by atoms with E-state index in [0.29, 0.717) is 28.9 Å². The molecule has 354 valence electrons. The molecular formula is C68H42N8. The molecule has 76 heavy (non-hydrogen) atoms. The smallest absolute Gasteiger partial charge is 0.164 e. The molecule has 8 heteroatoms. The molecule has 0 aliphatic carbocycles. The minimum absolute atomic E-state index is 0.513. The van der Waals surface area contributed by atoms with Crippen molar-refractivity contribution in [3.63, 3.8) is 0 Å². The van der Waals surface area contributed by atoms with E-state index in [-0.39, 0.29) is 0 Å². The topological polar surface area (TPSA) is 98.1 Å². The lowest BCUT2D eigenvalue weighted by atomic mass is 9.98. The molecule has 4 heterocycles. The molecule has 4 aromatic heterocycles. The zero-order valence-electron chi connectivity index (χ0n) is 40.8. The third-order valence-electron chi connectivity index (χ3n) is 14.2. The Morgan fingerprint density at radius 1 is 0.276 bits per heavy atom. The van der Waals surface area contributed by atoms with Gasteiger partial charge in [0.1, 0.15) is 0 Å². The predicted octanol–water partition coefficient (Wildman–Crippen LogP) is 16.4. The number of fused-ring (bicyclic) bond motifs is 6. The zero-order chi connectivity index (χ0) is 50.5. The average Bonchev–Trinajstić information content (AvgIpc) is 4.11. The molecule has 8 nitrogen and oxygen atoms in total. The van der Waals surface area contributed by atoms with Gasteiger partial charge in [-0.3, -0.25) is 0 Å². The Balaban J connectivity index is 1.00. The Bertz CT molecular complexity index is 4410. The number of nitrogens with zero attached hydrogens (tertiary/aromatic N) is 8. The molecular weight excluding hydrogens is 929 g/mol. The van der Waals surface area contributed by atoms with Crippen molar-refractivity contribution in [2.24, 2.45) is 0 Å². The third-order valence-corrected chi connectivity index (χ3v) is 14.2. The fourth-order valence-corrected chi connectivity index (χ4v) is 10.7. The van der Waals surface area contributed by atoms with Crippen molar-refractivity contribution in [2.45, 2.75) is 0 Å². The molecule has 0 unspecified atom stereocenters. The van der Waals surface area contributed by atoms with Crippen LogP contribution in [0.4, 0.5) is 0 Å². The monoisotopic (exact) mass is 970 g/mol. The minimum Gasteiger partial charge on any atom is -0.309 e. The maximum Gasteiger partial charge on any atom is 0.164 e. The molecule has 0 saturated heterocycles. The summed E-state index contributed by atoms with van der Waals surface area (Å²) in [6.45, 7) is 0. The van der Waals surface area contributed by atoms with E-state index in [1.54, 1.807) is 0 Å². The number of nitriles is 1. The highest BCUT2D eigenvalue weighted by atomic mass is 15.0. The van der Waals surface area contributed by atoms with Crippen LogP contribution >= 0.6 is 0 Å². The zero-order valence-corrected chi connectivity index (χ0v) is 40.8. The van der Waals surface area contributed by atoms with Crippen LogP contribution in [0.25, 0.3) is 134 Å². The Labute approximate surface area is 437 Å². The van der Waals surface area contributed by atoms with Crippen molar-refractivity contribution in [1.82, 2.24) is 34.1 Å². The first-order chi connectivity index (χ1) is 37.6. The highest BCUT2D eigenvalue weighted by Crippen LogP contribution is 2.42. The fourth-order valence-electron chi connectivity index (χ4n) is 10.7. The quantitative estimate of drug-likeness (QED) is 0.143. The van der Waals surface area contributed by atoms with Gasteiger partial charge in [-0.15, -0.1) is 0 Å². The summed E-state index contributed by atoms with van der Waals surface area (Å²) >= 11 is 0. The van der Waals surface area contributed by atoms with E-state index in [4.69, 9.17) is 24.9 Å². The molecule has 0 fully saturated rings. The second kappa shape index (κ2) is 18.5. The van der Waals surface area contributed by atoms with E-state index in [1.807, 2.05) is 121 Å². The standard InChI is InChI=1S/C68H42N8/c69-43-44-33-36-64(56(39-44)68-70-57(45-19-5-1-6-20-45)42-58(71-68)46-21-7-2-8-22-46)76-61-32-18-15-29-53(61)55-40-49(34-37-63(55)76)54-41-50(35-38-62(54)75-59-30-16-13-27-51(59)52-28-14-17-31-60(52)75)67-73-65(47-23-9-3-10-24-47)72-66(74-67)48-25-11-4-12-26-48/h1-42H. The van der Waals surface area contributed by atoms with Crippen LogP contribution in [0.3, 0.4) is 0 Å². The van der Waals surface area contributed by atoms with E-state index < -0.39 is 0 Å². The first-order valence-corrected chi connectivity index (χ1v) is 25.2. The second-order valence-electron chi connectivity index (χ2n) is 18.8. The Kier molecular flexibility index (Phi) is 10.7. The van der Waals surface area contributed by atoms with Crippen LogP contribution in [0.2, 0.25) is 0 Å². The maximum atomic E-state index is 10.4. The van der Waals surface area contributed by atoms with Crippen LogP contribution < -0.4 is 0 Å². The summed E-state index contributed by atoms with van der Waals surface area (Å²) < 4.78 is 4.67. The van der Waals surface area contributed by atoms with E-state index in [9.17, 15) is 5.26 Å². The number of aromatic nitrogens is 7. The van der Waals surface area contributed by atoms with Crippen molar-refractivity contribution in [3.05, 3.63) is 260 Å². The molecule has 14 aromatic rings. The normalized spacial score (nSPS) is 11.4. The SMILES string of the molecule is N#Cc1ccc(-n2c3ccccc3c3cc(-c4cc(-c5nc(-c6ccccc6)nc(-c6ccccc6)n5)ccc4-n4c5ccccc5c5ccccc54)ccc32)c(-c2nc(-c3ccccc3)cc(-c3ccccc3)n2)c1. The van der Waals surface area contributed by atoms with Gasteiger partial charge in [-0.2, -0.15) is 5.26 Å². The van der Waals surface area contributed by atoms with E-state index >= 15 is 0 Å². The summed E-state index contributed by atoms with van der Waals surface area (Å²) in [6, 6.07) is 89.9. The molecule has 0 aliphatic rings. The van der Waals surface area contributed by atoms with Gasteiger partial charge in [0.15, 0.2) is 23.3 Å². The molecule has 0 amide bonds. The van der Waals surface area contributed by atoms with Gasteiger partial charge in [-0.25, -0.2) is 24.9 Å². The molecule has 0 atom stereocenters. The van der Waals surface area contributed by atoms with Gasteiger partial charge >= 0.3 is 0 Å². The van der Waals surface area contributed by atoms with Crippen LogP contribution in [-0.4, -0.2) is 34.1 Å². The minimum atomic E-state index is 0.513. The van der Waals surface area contributed by atoms with Crippen molar-refractivity contribution in [1.29, 1.82) is 5.26 Å². The molecule has 0 N–H and O–H groups in total. The van der Waals surface area contributed by atoms with Gasteiger partial charge in [0.05, 0.1) is 56.5 Å². The van der Waals surface area contributed by atoms with Crippen LogP contribution in [-0.2, 0) is 0 Å². The molecule has 14 rings (SSSR count). The fraction of sp³-hybridized carbons (Fsp3) is 0. The molecule has 10 aromatic carbocycles. The Morgan fingerprint density at radius 3 is 1.20 bits per heavy atom. The van der Waals surface area contributed by atoms with Crippen LogP contribution in [0.1, 0.15) is 5.56 Å². The molecule has 0 aliphatic heterocycles. The lowest BCUT2D eigenvalue weighted by molar-refractivity contribution is 1.07. The summed E-state index contributed by atoms with van der Waals surface area (Å²) in [7, 11) is 0. The summed E-state index contributed by atoms with van der Waals surface area (Å²) in [4.78, 5) is 25.9. The number of hydrogen-bond donors (Lipinski definition) is 0. The van der Waals surface area contributed by atoms with Crippen molar-refractivity contribution in [3.8, 4) is 96.6 Å². The average molecular weight is 971 g/mol. The highest BCUT2D eigenvalue weighted by molar-refractivity contribution is 6.12. The number of para-hydroxylation sites is 3. The van der Waals surface area contributed by atoms with E-state index in [0.717, 1.165) is 100 Å². The van der Waals surface area contributed by atoms with Crippen LogP contribution in [0, 0.1) is 11.3 Å². The van der Waals surface area contributed by atoms with Crippen LogP contribution in [0.5, 0.6) is 0 Å². The lowest BCUT2D eigenvalue weighted by Crippen LogP contribution is -2.02. The lowest BCUT2D eigenvalue weighted by Gasteiger charge is -2.17. The number of rotatable bonds is 9. The van der Waals surface area contributed by atoms with Crippen molar-refractivity contribution in [2.75, 3.05) is 0 Å². The van der Waals surface area contributed by atoms with Gasteiger partial charge in [0.2, 0.25) is 0 Å². The number of benzene rings is 10.